The predicted molar refractivity (Wildman–Crippen MR) is 96.4 cm³/mol. The van der Waals surface area contributed by atoms with E-state index in [4.69, 9.17) is 0 Å². The standard InChI is InChI=1S/C21H21FN2/c22-19-8-9-21-20(12-19)18(13-23-21)11-17-7-4-10-24(15-17)14-16-5-2-1-3-6-16/h1-3,5-9,12-13,23H,4,10-11,14-15H2. The fourth-order valence-corrected chi connectivity index (χ4v) is 3.53. The largest absolute Gasteiger partial charge is 0.361 e. The van der Waals surface area contributed by atoms with Crippen LogP contribution in [0.2, 0.25) is 0 Å². The van der Waals surface area contributed by atoms with E-state index in [2.05, 4.69) is 46.3 Å². The van der Waals surface area contributed by atoms with Gasteiger partial charge in [0, 0.05) is 36.7 Å². The molecule has 4 rings (SSSR count). The van der Waals surface area contributed by atoms with Gasteiger partial charge in [-0.3, -0.25) is 4.90 Å². The maximum absolute atomic E-state index is 13.5. The lowest BCUT2D eigenvalue weighted by molar-refractivity contribution is 0.280. The van der Waals surface area contributed by atoms with Crippen molar-refractivity contribution in [3.8, 4) is 0 Å². The maximum atomic E-state index is 13.5. The highest BCUT2D eigenvalue weighted by molar-refractivity contribution is 5.83. The number of nitrogens with zero attached hydrogens (tertiary/aromatic N) is 1. The summed E-state index contributed by atoms with van der Waals surface area (Å²) in [6, 6.07) is 15.6. The van der Waals surface area contributed by atoms with E-state index in [1.54, 1.807) is 6.07 Å². The number of H-pyrrole nitrogens is 1. The van der Waals surface area contributed by atoms with E-state index in [9.17, 15) is 4.39 Å². The van der Waals surface area contributed by atoms with Crippen molar-refractivity contribution in [3.05, 3.63) is 83.3 Å². The highest BCUT2D eigenvalue weighted by Gasteiger charge is 2.15. The van der Waals surface area contributed by atoms with Crippen molar-refractivity contribution in [2.75, 3.05) is 13.1 Å². The van der Waals surface area contributed by atoms with E-state index >= 15 is 0 Å². The van der Waals surface area contributed by atoms with Crippen LogP contribution in [0.5, 0.6) is 0 Å². The average molecular weight is 320 g/mol. The van der Waals surface area contributed by atoms with Crippen LogP contribution in [0.4, 0.5) is 4.39 Å². The number of halogens is 1. The van der Waals surface area contributed by atoms with Gasteiger partial charge in [-0.2, -0.15) is 0 Å². The highest BCUT2D eigenvalue weighted by atomic mass is 19.1. The molecule has 1 aromatic heterocycles. The zero-order chi connectivity index (χ0) is 16.4. The van der Waals surface area contributed by atoms with Crippen LogP contribution < -0.4 is 0 Å². The third-order valence-corrected chi connectivity index (χ3v) is 4.70. The number of fused-ring (bicyclic) bond motifs is 1. The average Bonchev–Trinajstić information content (AvgIpc) is 2.98. The summed E-state index contributed by atoms with van der Waals surface area (Å²) in [6.07, 6.45) is 6.33. The maximum Gasteiger partial charge on any atom is 0.123 e. The van der Waals surface area contributed by atoms with Crippen molar-refractivity contribution in [2.24, 2.45) is 0 Å². The molecule has 3 heteroatoms. The van der Waals surface area contributed by atoms with Crippen molar-refractivity contribution >= 4 is 10.9 Å². The van der Waals surface area contributed by atoms with E-state index in [0.29, 0.717) is 0 Å². The second kappa shape index (κ2) is 6.62. The Bertz CT molecular complexity index is 864. The number of hydrogen-bond acceptors (Lipinski definition) is 1. The van der Waals surface area contributed by atoms with Gasteiger partial charge in [-0.05, 0) is 42.2 Å². The Hall–Kier alpha value is -2.39. The van der Waals surface area contributed by atoms with Crippen LogP contribution in [0.3, 0.4) is 0 Å². The van der Waals surface area contributed by atoms with Crippen LogP contribution in [0, 0.1) is 5.82 Å². The van der Waals surface area contributed by atoms with Gasteiger partial charge < -0.3 is 4.98 Å². The fourth-order valence-electron chi connectivity index (χ4n) is 3.53. The molecule has 1 aliphatic rings. The number of benzene rings is 2. The lowest BCUT2D eigenvalue weighted by Crippen LogP contribution is -2.30. The first kappa shape index (κ1) is 15.2. The lowest BCUT2D eigenvalue weighted by Gasteiger charge is -2.27. The molecular weight excluding hydrogens is 299 g/mol. The Labute approximate surface area is 141 Å². The predicted octanol–water partition coefficient (Wildman–Crippen LogP) is 4.68. The van der Waals surface area contributed by atoms with Crippen LogP contribution in [0.1, 0.15) is 17.5 Å². The molecule has 0 spiro atoms. The second-order valence-electron chi connectivity index (χ2n) is 6.53. The van der Waals surface area contributed by atoms with Crippen LogP contribution in [0.25, 0.3) is 10.9 Å². The third-order valence-electron chi connectivity index (χ3n) is 4.70. The van der Waals surface area contributed by atoms with Gasteiger partial charge in [0.25, 0.3) is 0 Å². The summed E-state index contributed by atoms with van der Waals surface area (Å²) in [5.41, 5.74) is 4.96. The summed E-state index contributed by atoms with van der Waals surface area (Å²) in [7, 11) is 0. The summed E-state index contributed by atoms with van der Waals surface area (Å²) < 4.78 is 13.5. The van der Waals surface area contributed by atoms with E-state index < -0.39 is 0 Å². The van der Waals surface area contributed by atoms with Gasteiger partial charge in [0.1, 0.15) is 5.82 Å². The van der Waals surface area contributed by atoms with Gasteiger partial charge in [-0.15, -0.1) is 0 Å². The smallest absolute Gasteiger partial charge is 0.123 e. The SMILES string of the molecule is Fc1ccc2[nH]cc(CC3=CCCN(Cc4ccccc4)C3)c2c1. The van der Waals surface area contributed by atoms with Crippen molar-refractivity contribution in [1.82, 2.24) is 9.88 Å². The zero-order valence-electron chi connectivity index (χ0n) is 13.6. The summed E-state index contributed by atoms with van der Waals surface area (Å²) in [5, 5.41) is 0.996. The monoisotopic (exact) mass is 320 g/mol. The first-order valence-electron chi connectivity index (χ1n) is 8.47. The lowest BCUT2D eigenvalue weighted by atomic mass is 10.00. The summed E-state index contributed by atoms with van der Waals surface area (Å²) in [4.78, 5) is 5.73. The van der Waals surface area contributed by atoms with Gasteiger partial charge >= 0.3 is 0 Å². The first-order chi connectivity index (χ1) is 11.8. The summed E-state index contributed by atoms with van der Waals surface area (Å²) >= 11 is 0. The normalized spacial score (nSPS) is 15.6. The molecule has 0 aliphatic carbocycles. The zero-order valence-corrected chi connectivity index (χ0v) is 13.6. The Morgan fingerprint density at radius 1 is 1.08 bits per heavy atom. The first-order valence-corrected chi connectivity index (χ1v) is 8.47. The molecule has 0 fully saturated rings. The molecular formula is C21H21FN2. The van der Waals surface area contributed by atoms with Gasteiger partial charge in [-0.1, -0.05) is 42.0 Å². The topological polar surface area (TPSA) is 19.0 Å². The van der Waals surface area contributed by atoms with E-state index in [1.165, 1.54) is 22.8 Å². The fraction of sp³-hybridized carbons (Fsp3) is 0.238. The van der Waals surface area contributed by atoms with Crippen LogP contribution in [-0.2, 0) is 13.0 Å². The molecule has 0 saturated heterocycles. The molecule has 2 nitrogen and oxygen atoms in total. The van der Waals surface area contributed by atoms with E-state index in [-0.39, 0.29) is 5.82 Å². The minimum atomic E-state index is -0.174. The van der Waals surface area contributed by atoms with Crippen LogP contribution >= 0.6 is 0 Å². The Kier molecular flexibility index (Phi) is 4.18. The molecule has 0 amide bonds. The Morgan fingerprint density at radius 3 is 2.83 bits per heavy atom. The quantitative estimate of drug-likeness (QED) is 0.691. The second-order valence-corrected chi connectivity index (χ2v) is 6.53. The number of aromatic amines is 1. The molecule has 0 atom stereocenters. The number of hydrogen-bond donors (Lipinski definition) is 1. The molecule has 2 heterocycles. The molecule has 24 heavy (non-hydrogen) atoms. The Balaban J connectivity index is 1.48. The van der Waals surface area contributed by atoms with Gasteiger partial charge in [0.2, 0.25) is 0 Å². The van der Waals surface area contributed by atoms with E-state index in [0.717, 1.165) is 43.4 Å². The minimum absolute atomic E-state index is 0.174. The van der Waals surface area contributed by atoms with Gasteiger partial charge in [0.15, 0.2) is 0 Å². The molecule has 0 radical (unpaired) electrons. The molecule has 2 aromatic carbocycles. The molecule has 3 aromatic rings. The molecule has 0 saturated carbocycles. The summed E-state index contributed by atoms with van der Waals surface area (Å²) in [6.45, 7) is 3.07. The van der Waals surface area contributed by atoms with Gasteiger partial charge in [-0.25, -0.2) is 4.39 Å². The molecule has 122 valence electrons. The number of nitrogens with one attached hydrogen (secondary N) is 1. The molecule has 0 bridgehead atoms. The van der Waals surface area contributed by atoms with Crippen LogP contribution in [0.15, 0.2) is 66.4 Å². The molecule has 0 unspecified atom stereocenters. The number of aromatic nitrogens is 1. The highest BCUT2D eigenvalue weighted by Crippen LogP contribution is 2.24. The van der Waals surface area contributed by atoms with Crippen molar-refractivity contribution < 1.29 is 4.39 Å². The van der Waals surface area contributed by atoms with E-state index in [1.807, 2.05) is 12.3 Å². The minimum Gasteiger partial charge on any atom is -0.361 e. The molecule has 1 aliphatic heterocycles. The van der Waals surface area contributed by atoms with Gasteiger partial charge in [0.05, 0.1) is 0 Å². The van der Waals surface area contributed by atoms with Crippen molar-refractivity contribution in [1.29, 1.82) is 0 Å². The van der Waals surface area contributed by atoms with Crippen LogP contribution in [-0.4, -0.2) is 23.0 Å². The van der Waals surface area contributed by atoms with Crippen molar-refractivity contribution in [2.45, 2.75) is 19.4 Å². The number of rotatable bonds is 4. The molecule has 1 N–H and O–H groups in total. The summed E-state index contributed by atoms with van der Waals surface area (Å²) in [5.74, 6) is -0.174. The Morgan fingerprint density at radius 2 is 1.96 bits per heavy atom. The van der Waals surface area contributed by atoms with Crippen molar-refractivity contribution in [3.63, 3.8) is 0 Å². The third kappa shape index (κ3) is 3.26.